The molecule has 1 aromatic rings. The van der Waals surface area contributed by atoms with Gasteiger partial charge in [0.25, 0.3) is 0 Å². The second kappa shape index (κ2) is 4.97. The molecule has 0 N–H and O–H groups in total. The van der Waals surface area contributed by atoms with Gasteiger partial charge < -0.3 is 0 Å². The van der Waals surface area contributed by atoms with Gasteiger partial charge in [0, 0.05) is 0 Å². The first-order chi connectivity index (χ1) is 10.9. The van der Waals surface area contributed by atoms with E-state index in [4.69, 9.17) is 0 Å². The summed E-state index contributed by atoms with van der Waals surface area (Å²) in [7, 11) is 0. The van der Waals surface area contributed by atoms with Gasteiger partial charge >= 0.3 is 0 Å². The highest BCUT2D eigenvalue weighted by atomic mass is 14.4. The summed E-state index contributed by atoms with van der Waals surface area (Å²) < 4.78 is 0. The van der Waals surface area contributed by atoms with Gasteiger partial charge in [-0.25, -0.2) is 0 Å². The summed E-state index contributed by atoms with van der Waals surface area (Å²) in [6.45, 7) is 14.0. The number of allylic oxidation sites excluding steroid dienone is 5. The molecule has 0 aromatic heterocycles. The van der Waals surface area contributed by atoms with Gasteiger partial charge in [-0.2, -0.15) is 0 Å². The van der Waals surface area contributed by atoms with Crippen LogP contribution in [0, 0.1) is 25.7 Å². The van der Waals surface area contributed by atoms with Crippen molar-refractivity contribution in [2.75, 3.05) is 0 Å². The van der Waals surface area contributed by atoms with Crippen molar-refractivity contribution in [3.8, 4) is 0 Å². The maximum absolute atomic E-state index is 2.50. The third-order valence-electron chi connectivity index (χ3n) is 6.30. The molecule has 4 rings (SSSR count). The third-order valence-corrected chi connectivity index (χ3v) is 6.30. The molecule has 0 saturated carbocycles. The second-order valence-electron chi connectivity index (χ2n) is 8.28. The van der Waals surface area contributed by atoms with Crippen LogP contribution in [0.3, 0.4) is 0 Å². The molecule has 0 heterocycles. The van der Waals surface area contributed by atoms with Crippen LogP contribution in [0.15, 0.2) is 22.8 Å². The van der Waals surface area contributed by atoms with Crippen molar-refractivity contribution >= 4 is 11.6 Å². The van der Waals surface area contributed by atoms with Crippen LogP contribution in [-0.4, -0.2) is 0 Å². The normalized spacial score (nSPS) is 18.6. The van der Waals surface area contributed by atoms with Crippen LogP contribution >= 0.6 is 0 Å². The highest BCUT2D eigenvalue weighted by Crippen LogP contribution is 2.49. The Balaban J connectivity index is 1.81. The molecule has 0 radical (unpaired) electrons. The van der Waals surface area contributed by atoms with E-state index in [-0.39, 0.29) is 0 Å². The Morgan fingerprint density at radius 2 is 1.39 bits per heavy atom. The summed E-state index contributed by atoms with van der Waals surface area (Å²) in [5.41, 5.74) is 16.0. The molecular weight excluding hydrogens is 276 g/mol. The molecule has 0 spiro atoms. The third kappa shape index (κ3) is 2.04. The van der Waals surface area contributed by atoms with Crippen LogP contribution in [0.2, 0.25) is 0 Å². The first-order valence-corrected chi connectivity index (χ1v) is 9.16. The fourth-order valence-corrected chi connectivity index (χ4v) is 4.67. The van der Waals surface area contributed by atoms with E-state index in [1.807, 2.05) is 0 Å². The van der Waals surface area contributed by atoms with Crippen molar-refractivity contribution in [1.82, 2.24) is 0 Å². The molecule has 23 heavy (non-hydrogen) atoms. The van der Waals surface area contributed by atoms with Crippen molar-refractivity contribution < 1.29 is 0 Å². The molecule has 1 aromatic carbocycles. The molecule has 120 valence electrons. The monoisotopic (exact) mass is 304 g/mol. The molecule has 0 heteroatoms. The lowest BCUT2D eigenvalue weighted by Gasteiger charge is -2.19. The van der Waals surface area contributed by atoms with Crippen LogP contribution < -0.4 is 0 Å². The lowest BCUT2D eigenvalue weighted by Crippen LogP contribution is -2.03. The number of hydrogen-bond acceptors (Lipinski definition) is 0. The van der Waals surface area contributed by atoms with Crippen molar-refractivity contribution in [2.45, 2.75) is 60.8 Å². The zero-order chi connectivity index (χ0) is 16.5. The lowest BCUT2D eigenvalue weighted by atomic mass is 9.86. The van der Waals surface area contributed by atoms with Crippen LogP contribution in [0.4, 0.5) is 0 Å². The van der Waals surface area contributed by atoms with E-state index in [1.54, 1.807) is 55.7 Å². The maximum Gasteiger partial charge on any atom is -0.00137 e. The average Bonchev–Trinajstić information content (AvgIpc) is 3.16. The van der Waals surface area contributed by atoms with Gasteiger partial charge in [-0.15, -0.1) is 0 Å². The number of benzene rings is 1. The standard InChI is InChI=1S/C23H28/c1-12(2)16-7-18-11-21-14(5)19-8-17(13(3)4)9-20(19)15(6)23(21)22(18)10-16/h7-8,12-13H,9-11H2,1-6H3. The summed E-state index contributed by atoms with van der Waals surface area (Å²) in [6, 6.07) is 0. The van der Waals surface area contributed by atoms with E-state index in [0.29, 0.717) is 11.8 Å². The van der Waals surface area contributed by atoms with Gasteiger partial charge in [0.05, 0.1) is 0 Å². The van der Waals surface area contributed by atoms with Crippen molar-refractivity contribution in [2.24, 2.45) is 11.8 Å². The molecule has 0 amide bonds. The summed E-state index contributed by atoms with van der Waals surface area (Å²) in [4.78, 5) is 0. The Morgan fingerprint density at radius 3 is 2.04 bits per heavy atom. The topological polar surface area (TPSA) is 0 Å². The van der Waals surface area contributed by atoms with Gasteiger partial charge in [0.2, 0.25) is 0 Å². The molecule has 0 nitrogen and oxygen atoms in total. The van der Waals surface area contributed by atoms with Crippen LogP contribution in [0.25, 0.3) is 11.6 Å². The predicted molar refractivity (Wildman–Crippen MR) is 101 cm³/mol. The van der Waals surface area contributed by atoms with Crippen molar-refractivity contribution in [1.29, 1.82) is 0 Å². The number of hydrogen-bond donors (Lipinski definition) is 0. The van der Waals surface area contributed by atoms with E-state index in [0.717, 1.165) is 6.42 Å². The highest BCUT2D eigenvalue weighted by molar-refractivity contribution is 5.88. The Labute approximate surface area is 141 Å². The molecule has 0 atom stereocenters. The summed E-state index contributed by atoms with van der Waals surface area (Å²) >= 11 is 0. The molecule has 0 unspecified atom stereocenters. The zero-order valence-corrected chi connectivity index (χ0v) is 15.4. The predicted octanol–water partition coefficient (Wildman–Crippen LogP) is 6.19. The summed E-state index contributed by atoms with van der Waals surface area (Å²) in [5.74, 6) is 1.33. The minimum Gasteiger partial charge on any atom is -0.0629 e. The van der Waals surface area contributed by atoms with Crippen LogP contribution in [0.5, 0.6) is 0 Å². The smallest absolute Gasteiger partial charge is 0.00137 e. The van der Waals surface area contributed by atoms with Crippen molar-refractivity contribution in [3.05, 3.63) is 56.2 Å². The minimum absolute atomic E-state index is 0.659. The lowest BCUT2D eigenvalue weighted by molar-refractivity contribution is 0.752. The van der Waals surface area contributed by atoms with Gasteiger partial charge in [-0.05, 0) is 89.5 Å². The van der Waals surface area contributed by atoms with E-state index in [9.17, 15) is 0 Å². The first-order valence-electron chi connectivity index (χ1n) is 9.16. The molecule has 0 saturated heterocycles. The Bertz CT molecular complexity index is 807. The fraction of sp³-hybridized carbons (Fsp3) is 0.478. The molecule has 0 fully saturated rings. The maximum atomic E-state index is 2.50. The Kier molecular flexibility index (Phi) is 3.24. The number of rotatable bonds is 2. The van der Waals surface area contributed by atoms with E-state index >= 15 is 0 Å². The first kappa shape index (κ1) is 15.0. The average molecular weight is 304 g/mol. The number of fused-ring (bicyclic) bond motifs is 3. The molecular formula is C23H28. The van der Waals surface area contributed by atoms with Gasteiger partial charge in [0.15, 0.2) is 0 Å². The fourth-order valence-electron chi connectivity index (χ4n) is 4.67. The largest absolute Gasteiger partial charge is 0.0629 e. The summed E-state index contributed by atoms with van der Waals surface area (Å²) in [5, 5.41) is 0. The molecule has 3 aliphatic carbocycles. The molecule has 0 bridgehead atoms. The van der Waals surface area contributed by atoms with Crippen molar-refractivity contribution in [3.63, 3.8) is 0 Å². The van der Waals surface area contributed by atoms with Gasteiger partial charge in [0.1, 0.15) is 0 Å². The van der Waals surface area contributed by atoms with Crippen LogP contribution in [0.1, 0.15) is 67.5 Å². The summed E-state index contributed by atoms with van der Waals surface area (Å²) in [6.07, 6.45) is 8.50. The van der Waals surface area contributed by atoms with Gasteiger partial charge in [-0.3, -0.25) is 0 Å². The Morgan fingerprint density at radius 1 is 0.739 bits per heavy atom. The Hall–Kier alpha value is -1.56. The quantitative estimate of drug-likeness (QED) is 0.610. The molecule has 0 aliphatic heterocycles. The van der Waals surface area contributed by atoms with E-state index in [2.05, 4.69) is 53.7 Å². The van der Waals surface area contributed by atoms with Crippen LogP contribution in [-0.2, 0) is 12.8 Å². The highest BCUT2D eigenvalue weighted by Gasteiger charge is 2.32. The SMILES string of the molecule is Cc1c2c(c(C)c3c1CC1=C3CC(C(C)C)=C1)CC(C(C)C)=C2. The second-order valence-corrected chi connectivity index (χ2v) is 8.28. The minimum atomic E-state index is 0.659. The van der Waals surface area contributed by atoms with E-state index in [1.165, 1.54) is 12.8 Å². The van der Waals surface area contributed by atoms with Gasteiger partial charge in [-0.1, -0.05) is 51.0 Å². The zero-order valence-electron chi connectivity index (χ0n) is 15.4. The van der Waals surface area contributed by atoms with E-state index < -0.39 is 0 Å². The molecule has 3 aliphatic rings.